The van der Waals surface area contributed by atoms with Crippen LogP contribution < -0.4 is 5.32 Å². The Balaban J connectivity index is 1.74. The molecule has 3 aromatic rings. The van der Waals surface area contributed by atoms with E-state index in [1.165, 1.54) is 12.1 Å². The number of H-pyrrole nitrogens is 1. The number of hydrogen-bond acceptors (Lipinski definition) is 7. The van der Waals surface area contributed by atoms with E-state index < -0.39 is 6.29 Å². The lowest BCUT2D eigenvalue weighted by Gasteiger charge is -2.22. The molecule has 0 amide bonds. The molecule has 2 aromatic heterocycles. The third-order valence-electron chi connectivity index (χ3n) is 4.25. The monoisotopic (exact) mass is 397 g/mol. The third-order valence-corrected chi connectivity index (χ3v) is 4.25. The molecular weight excluding hydrogens is 377 g/mol. The van der Waals surface area contributed by atoms with E-state index in [1.807, 2.05) is 0 Å². The number of rotatable bonds is 6. The Bertz CT molecular complexity index is 996. The first-order chi connectivity index (χ1) is 14.1. The second kappa shape index (κ2) is 8.48. The van der Waals surface area contributed by atoms with Crippen LogP contribution in [0.25, 0.3) is 22.6 Å². The van der Waals surface area contributed by atoms with Crippen LogP contribution in [0.5, 0.6) is 0 Å². The SMILES string of the molecule is C=C1COC(c2nc(-c3ccc(F)cc3)c(-c3ccnc(NCCO)n3)[nH]2)OC1. The van der Waals surface area contributed by atoms with Crippen molar-refractivity contribution in [3.8, 4) is 22.6 Å². The molecule has 1 aliphatic rings. The number of nitrogens with one attached hydrogen (secondary N) is 2. The largest absolute Gasteiger partial charge is 0.395 e. The van der Waals surface area contributed by atoms with Crippen LogP contribution in [0.15, 0.2) is 48.7 Å². The number of imidazole rings is 1. The van der Waals surface area contributed by atoms with E-state index in [9.17, 15) is 4.39 Å². The van der Waals surface area contributed by atoms with E-state index in [-0.39, 0.29) is 12.4 Å². The van der Waals surface area contributed by atoms with Gasteiger partial charge in [0.25, 0.3) is 0 Å². The molecule has 1 aromatic carbocycles. The fraction of sp³-hybridized carbons (Fsp3) is 0.250. The smallest absolute Gasteiger partial charge is 0.223 e. The molecule has 1 fully saturated rings. The molecule has 1 saturated heterocycles. The predicted octanol–water partition coefficient (Wildman–Crippen LogP) is 2.68. The van der Waals surface area contributed by atoms with Gasteiger partial charge in [0.2, 0.25) is 12.2 Å². The highest BCUT2D eigenvalue weighted by Gasteiger charge is 2.25. The quantitative estimate of drug-likeness (QED) is 0.549. The number of anilines is 1. The molecule has 0 aliphatic carbocycles. The summed E-state index contributed by atoms with van der Waals surface area (Å²) in [6.45, 7) is 4.91. The highest BCUT2D eigenvalue weighted by molar-refractivity contribution is 5.77. The van der Waals surface area contributed by atoms with Crippen LogP contribution in [-0.4, -0.2) is 51.4 Å². The first-order valence-corrected chi connectivity index (χ1v) is 9.08. The van der Waals surface area contributed by atoms with Crippen molar-refractivity contribution in [1.82, 2.24) is 19.9 Å². The molecule has 29 heavy (non-hydrogen) atoms. The fourth-order valence-electron chi connectivity index (χ4n) is 2.89. The third kappa shape index (κ3) is 4.32. The van der Waals surface area contributed by atoms with Gasteiger partial charge in [0, 0.05) is 18.3 Å². The van der Waals surface area contributed by atoms with Gasteiger partial charge in [-0.1, -0.05) is 6.58 Å². The summed E-state index contributed by atoms with van der Waals surface area (Å²) in [5, 5.41) is 11.9. The maximum Gasteiger partial charge on any atom is 0.223 e. The number of halogens is 1. The summed E-state index contributed by atoms with van der Waals surface area (Å²) in [6.07, 6.45) is 0.941. The van der Waals surface area contributed by atoms with Gasteiger partial charge in [-0.2, -0.15) is 0 Å². The van der Waals surface area contributed by atoms with Gasteiger partial charge in [-0.05, 0) is 35.9 Å². The fourth-order valence-corrected chi connectivity index (χ4v) is 2.89. The minimum atomic E-state index is -0.665. The molecule has 1 aliphatic heterocycles. The molecule has 8 nitrogen and oxygen atoms in total. The van der Waals surface area contributed by atoms with Gasteiger partial charge < -0.3 is 24.9 Å². The zero-order valence-electron chi connectivity index (χ0n) is 15.6. The molecular formula is C20H20FN5O3. The Morgan fingerprint density at radius 1 is 1.17 bits per heavy atom. The molecule has 9 heteroatoms. The lowest BCUT2D eigenvalue weighted by Crippen LogP contribution is -2.20. The molecule has 0 saturated carbocycles. The second-order valence-electron chi connectivity index (χ2n) is 6.47. The highest BCUT2D eigenvalue weighted by Crippen LogP contribution is 2.33. The summed E-state index contributed by atoms with van der Waals surface area (Å²) in [5.41, 5.74) is 3.36. The van der Waals surface area contributed by atoms with Gasteiger partial charge in [0.1, 0.15) is 5.82 Å². The number of benzene rings is 1. The van der Waals surface area contributed by atoms with E-state index in [4.69, 9.17) is 14.6 Å². The summed E-state index contributed by atoms with van der Waals surface area (Å²) in [4.78, 5) is 16.5. The summed E-state index contributed by atoms with van der Waals surface area (Å²) >= 11 is 0. The molecule has 3 N–H and O–H groups in total. The van der Waals surface area contributed by atoms with Crippen LogP contribution in [0.4, 0.5) is 10.3 Å². The number of hydrogen-bond donors (Lipinski definition) is 3. The lowest BCUT2D eigenvalue weighted by atomic mass is 10.1. The van der Waals surface area contributed by atoms with Crippen LogP contribution in [0.2, 0.25) is 0 Å². The molecule has 0 unspecified atom stereocenters. The minimum absolute atomic E-state index is 0.0374. The lowest BCUT2D eigenvalue weighted by molar-refractivity contribution is -0.165. The highest BCUT2D eigenvalue weighted by atomic mass is 19.1. The van der Waals surface area contributed by atoms with Crippen molar-refractivity contribution in [2.24, 2.45) is 0 Å². The van der Waals surface area contributed by atoms with Crippen LogP contribution in [0, 0.1) is 5.82 Å². The summed E-state index contributed by atoms with van der Waals surface area (Å²) in [6, 6.07) is 7.78. The van der Waals surface area contributed by atoms with Crippen molar-refractivity contribution >= 4 is 5.95 Å². The van der Waals surface area contributed by atoms with E-state index >= 15 is 0 Å². The normalized spacial score (nSPS) is 14.9. The van der Waals surface area contributed by atoms with Crippen molar-refractivity contribution in [2.75, 3.05) is 31.7 Å². The van der Waals surface area contributed by atoms with E-state index in [2.05, 4.69) is 31.8 Å². The average molecular weight is 397 g/mol. The Morgan fingerprint density at radius 2 is 1.93 bits per heavy atom. The van der Waals surface area contributed by atoms with Crippen molar-refractivity contribution < 1.29 is 19.0 Å². The van der Waals surface area contributed by atoms with Gasteiger partial charge in [-0.3, -0.25) is 0 Å². The van der Waals surface area contributed by atoms with Crippen LogP contribution >= 0.6 is 0 Å². The van der Waals surface area contributed by atoms with Gasteiger partial charge >= 0.3 is 0 Å². The van der Waals surface area contributed by atoms with Gasteiger partial charge in [-0.25, -0.2) is 19.3 Å². The maximum absolute atomic E-state index is 13.4. The minimum Gasteiger partial charge on any atom is -0.395 e. The number of aliphatic hydroxyl groups is 1. The summed E-state index contributed by atoms with van der Waals surface area (Å²) < 4.78 is 24.7. The Labute approximate surface area is 166 Å². The van der Waals surface area contributed by atoms with Gasteiger partial charge in [0.15, 0.2) is 5.82 Å². The number of aromatic nitrogens is 4. The van der Waals surface area contributed by atoms with Crippen molar-refractivity contribution in [1.29, 1.82) is 0 Å². The molecule has 4 rings (SSSR count). The first kappa shape index (κ1) is 19.2. The molecule has 3 heterocycles. The van der Waals surface area contributed by atoms with E-state index in [1.54, 1.807) is 24.4 Å². The Kier molecular flexibility index (Phi) is 5.61. The maximum atomic E-state index is 13.4. The number of aliphatic hydroxyl groups excluding tert-OH is 1. The average Bonchev–Trinajstić information content (AvgIpc) is 3.19. The van der Waals surface area contributed by atoms with Crippen molar-refractivity contribution in [3.05, 3.63) is 60.3 Å². The zero-order chi connectivity index (χ0) is 20.2. The number of aromatic amines is 1. The Morgan fingerprint density at radius 3 is 2.66 bits per heavy atom. The number of ether oxygens (including phenoxy) is 2. The van der Waals surface area contributed by atoms with Crippen LogP contribution in [-0.2, 0) is 9.47 Å². The topological polar surface area (TPSA) is 105 Å². The molecule has 0 atom stereocenters. The predicted molar refractivity (Wildman–Crippen MR) is 104 cm³/mol. The van der Waals surface area contributed by atoms with Crippen molar-refractivity contribution in [3.63, 3.8) is 0 Å². The summed E-state index contributed by atoms with van der Waals surface area (Å²) in [7, 11) is 0. The molecule has 150 valence electrons. The molecule has 0 bridgehead atoms. The van der Waals surface area contributed by atoms with Crippen LogP contribution in [0.1, 0.15) is 12.1 Å². The van der Waals surface area contributed by atoms with E-state index in [0.717, 1.165) is 5.57 Å². The summed E-state index contributed by atoms with van der Waals surface area (Å²) in [5.74, 6) is 0.524. The van der Waals surface area contributed by atoms with Gasteiger partial charge in [-0.15, -0.1) is 0 Å². The van der Waals surface area contributed by atoms with Gasteiger partial charge in [0.05, 0.1) is 36.9 Å². The number of nitrogens with zero attached hydrogens (tertiary/aromatic N) is 3. The second-order valence-corrected chi connectivity index (χ2v) is 6.47. The Hall–Kier alpha value is -3.14. The van der Waals surface area contributed by atoms with Crippen LogP contribution in [0.3, 0.4) is 0 Å². The zero-order valence-corrected chi connectivity index (χ0v) is 15.6. The first-order valence-electron chi connectivity index (χ1n) is 9.08. The molecule has 0 radical (unpaired) electrons. The molecule has 0 spiro atoms. The standard InChI is InChI=1S/C20H20FN5O3/c1-12-10-28-19(29-11-12)18-25-16(13-2-4-14(21)5-3-13)17(26-18)15-6-7-22-20(24-15)23-8-9-27/h2-7,19,27H,1,8-11H2,(H,25,26)(H,22,23,24). The van der Waals surface area contributed by atoms with E-state index in [0.29, 0.717) is 54.2 Å². The van der Waals surface area contributed by atoms with Crippen molar-refractivity contribution in [2.45, 2.75) is 6.29 Å².